The molecule has 0 bridgehead atoms. The van der Waals surface area contributed by atoms with Gasteiger partial charge in [-0.2, -0.15) is 0 Å². The van der Waals surface area contributed by atoms with Gasteiger partial charge in [0.15, 0.2) is 11.5 Å². The number of likely N-dealkylation sites (tertiary alicyclic amines) is 1. The zero-order valence-electron chi connectivity index (χ0n) is 20.2. The first-order valence-electron chi connectivity index (χ1n) is 11.3. The lowest BCUT2D eigenvalue weighted by Crippen LogP contribution is -2.19. The number of benzene rings is 2. The van der Waals surface area contributed by atoms with Crippen LogP contribution in [0.4, 0.5) is 10.5 Å². The highest BCUT2D eigenvalue weighted by molar-refractivity contribution is 5.87. The van der Waals surface area contributed by atoms with E-state index in [4.69, 9.17) is 15.2 Å². The third-order valence-corrected chi connectivity index (χ3v) is 5.94. The lowest BCUT2D eigenvalue weighted by atomic mass is 9.82. The number of nitrogens with zero attached hydrogens (tertiary/aromatic N) is 1. The number of methoxy groups -OCH3 is 2. The Balaban J connectivity index is 0.000000171. The molecule has 0 spiro atoms. The van der Waals surface area contributed by atoms with Gasteiger partial charge in [-0.15, -0.1) is 0 Å². The van der Waals surface area contributed by atoms with Crippen molar-refractivity contribution >= 4 is 11.7 Å². The second-order valence-corrected chi connectivity index (χ2v) is 8.75. The number of ether oxygens (including phenoxy) is 2. The summed E-state index contributed by atoms with van der Waals surface area (Å²) in [4.78, 5) is 13.0. The van der Waals surface area contributed by atoms with E-state index in [2.05, 4.69) is 17.3 Å². The van der Waals surface area contributed by atoms with Gasteiger partial charge in [0.2, 0.25) is 0 Å². The third kappa shape index (κ3) is 8.42. The van der Waals surface area contributed by atoms with Crippen molar-refractivity contribution in [1.82, 2.24) is 4.90 Å². The highest BCUT2D eigenvalue weighted by Gasteiger charge is 2.32. The molecule has 2 fully saturated rings. The van der Waals surface area contributed by atoms with Crippen molar-refractivity contribution in [2.45, 2.75) is 39.5 Å². The molecule has 6 heteroatoms. The molecule has 1 saturated carbocycles. The van der Waals surface area contributed by atoms with Gasteiger partial charge in [-0.3, -0.25) is 0 Å². The fourth-order valence-corrected chi connectivity index (χ4v) is 4.62. The number of carbonyl (C=O) groups excluding carboxylic acids is 1. The van der Waals surface area contributed by atoms with E-state index >= 15 is 0 Å². The van der Waals surface area contributed by atoms with Gasteiger partial charge in [-0.1, -0.05) is 31.0 Å². The number of nitrogens with two attached hydrogens (primary N) is 1. The topological polar surface area (TPSA) is 76.8 Å². The number of fused-ring (bicyclic) bond motifs is 1. The number of carbonyl (C=O) groups is 1. The van der Waals surface area contributed by atoms with Crippen molar-refractivity contribution in [2.75, 3.05) is 39.7 Å². The number of para-hydroxylation sites is 2. The molecule has 6 nitrogen and oxygen atoms in total. The van der Waals surface area contributed by atoms with Crippen LogP contribution in [-0.4, -0.2) is 45.3 Å². The Hall–Kier alpha value is -2.73. The van der Waals surface area contributed by atoms with Gasteiger partial charge in [-0.25, -0.2) is 4.79 Å². The normalized spacial score (nSPS) is 19.4. The number of primary amides is 1. The quantitative estimate of drug-likeness (QED) is 0.683. The summed E-state index contributed by atoms with van der Waals surface area (Å²) in [5.74, 6) is 3.67. The third-order valence-electron chi connectivity index (χ3n) is 5.94. The number of hydrogen-bond acceptors (Lipinski definition) is 4. The lowest BCUT2D eigenvalue weighted by molar-refractivity contribution is 0.259. The predicted octanol–water partition coefficient (Wildman–Crippen LogP) is 5.24. The van der Waals surface area contributed by atoms with Crippen LogP contribution in [0, 0.1) is 25.7 Å². The lowest BCUT2D eigenvalue weighted by Gasteiger charge is -2.23. The Labute approximate surface area is 193 Å². The largest absolute Gasteiger partial charge is 0.493 e. The summed E-state index contributed by atoms with van der Waals surface area (Å²) in [6.07, 6.45) is 6.01. The van der Waals surface area contributed by atoms with Gasteiger partial charge in [0.05, 0.1) is 14.2 Å². The average Bonchev–Trinajstić information content (AvgIpc) is 3.13. The minimum absolute atomic E-state index is 0.528. The van der Waals surface area contributed by atoms with Crippen molar-refractivity contribution in [2.24, 2.45) is 17.6 Å². The Kier molecular flexibility index (Phi) is 10.3. The number of aryl methyl sites for hydroxylation is 2. The molecular formula is C26H39N3O3. The van der Waals surface area contributed by atoms with E-state index in [-0.39, 0.29) is 0 Å². The molecule has 1 heterocycles. The maximum absolute atomic E-state index is 10.5. The molecule has 1 aliphatic carbocycles. The second kappa shape index (κ2) is 13.0. The van der Waals surface area contributed by atoms with Crippen LogP contribution in [0.5, 0.6) is 11.5 Å². The van der Waals surface area contributed by atoms with Crippen molar-refractivity contribution in [1.29, 1.82) is 0 Å². The molecular weight excluding hydrogens is 402 g/mol. The molecule has 32 heavy (non-hydrogen) atoms. The fourth-order valence-electron chi connectivity index (χ4n) is 4.62. The van der Waals surface area contributed by atoms with E-state index in [1.54, 1.807) is 14.2 Å². The summed E-state index contributed by atoms with van der Waals surface area (Å²) in [5, 5.41) is 2.53. The van der Waals surface area contributed by atoms with E-state index < -0.39 is 6.03 Å². The minimum Gasteiger partial charge on any atom is -0.493 e. The summed E-state index contributed by atoms with van der Waals surface area (Å²) in [6.45, 7) is 6.70. The molecule has 1 saturated heterocycles. The van der Waals surface area contributed by atoms with Crippen LogP contribution in [0.2, 0.25) is 0 Å². The van der Waals surface area contributed by atoms with Crippen LogP contribution in [0.1, 0.15) is 36.8 Å². The van der Waals surface area contributed by atoms with E-state index in [0.717, 1.165) is 40.1 Å². The highest BCUT2D eigenvalue weighted by atomic mass is 16.5. The van der Waals surface area contributed by atoms with Crippen molar-refractivity contribution in [3.8, 4) is 11.5 Å². The first kappa shape index (κ1) is 25.5. The molecule has 0 aromatic heterocycles. The molecule has 0 radical (unpaired) electrons. The molecule has 2 aromatic rings. The molecule has 2 atom stereocenters. The van der Waals surface area contributed by atoms with Crippen molar-refractivity contribution < 1.29 is 14.3 Å². The smallest absolute Gasteiger partial charge is 0.316 e. The molecule has 176 valence electrons. The van der Waals surface area contributed by atoms with Gasteiger partial charge in [0.1, 0.15) is 0 Å². The molecule has 2 unspecified atom stereocenters. The molecule has 3 N–H and O–H groups in total. The zero-order chi connectivity index (χ0) is 23.5. The summed E-state index contributed by atoms with van der Waals surface area (Å²) >= 11 is 0. The first-order valence-corrected chi connectivity index (χ1v) is 11.3. The minimum atomic E-state index is -0.528. The summed E-state index contributed by atoms with van der Waals surface area (Å²) in [5.41, 5.74) is 7.94. The Morgan fingerprint density at radius 1 is 0.938 bits per heavy atom. The van der Waals surface area contributed by atoms with Gasteiger partial charge in [0, 0.05) is 18.8 Å². The van der Waals surface area contributed by atoms with E-state index in [0.29, 0.717) is 0 Å². The summed E-state index contributed by atoms with van der Waals surface area (Å²) in [7, 11) is 5.51. The molecule has 1 aliphatic heterocycles. The Morgan fingerprint density at radius 2 is 1.41 bits per heavy atom. The highest BCUT2D eigenvalue weighted by Crippen LogP contribution is 2.35. The number of rotatable bonds is 3. The summed E-state index contributed by atoms with van der Waals surface area (Å²) < 4.78 is 10.0. The SMILES string of the molecule is CN1CC2CCCCC2C1.COc1ccccc1OC.Cc1cc(C)cc(NC(N)=O)c1. The Morgan fingerprint density at radius 3 is 1.81 bits per heavy atom. The maximum atomic E-state index is 10.5. The van der Waals surface area contributed by atoms with Gasteiger partial charge >= 0.3 is 6.03 Å². The number of anilines is 1. The van der Waals surface area contributed by atoms with Crippen LogP contribution in [-0.2, 0) is 0 Å². The number of urea groups is 1. The number of nitrogens with one attached hydrogen (secondary N) is 1. The monoisotopic (exact) mass is 441 g/mol. The number of hydrogen-bond donors (Lipinski definition) is 2. The van der Waals surface area contributed by atoms with Crippen LogP contribution in [0.25, 0.3) is 0 Å². The molecule has 2 aromatic carbocycles. The van der Waals surface area contributed by atoms with Gasteiger partial charge < -0.3 is 25.4 Å². The zero-order valence-corrected chi connectivity index (χ0v) is 20.2. The predicted molar refractivity (Wildman–Crippen MR) is 132 cm³/mol. The standard InChI is InChI=1S/C9H12N2O.C9H17N.C8H10O2/c1-6-3-7(2)5-8(4-6)11-9(10)12;1-10-6-8-4-2-3-5-9(8)7-10;1-9-7-5-3-4-6-8(7)10-2/h3-5H,1-2H3,(H3,10,11,12);8-9H,2-7H2,1H3;3-6H,1-2H3. The van der Waals surface area contributed by atoms with Crippen LogP contribution in [0.15, 0.2) is 42.5 Å². The fraction of sp³-hybridized carbons (Fsp3) is 0.500. The second-order valence-electron chi connectivity index (χ2n) is 8.75. The van der Waals surface area contributed by atoms with E-state index in [1.165, 1.54) is 38.8 Å². The average molecular weight is 442 g/mol. The molecule has 2 aliphatic rings. The first-order chi connectivity index (χ1) is 15.3. The number of amides is 2. The molecule has 4 rings (SSSR count). The van der Waals surface area contributed by atoms with Gasteiger partial charge in [-0.05, 0) is 81.0 Å². The summed E-state index contributed by atoms with van der Waals surface area (Å²) in [6, 6.07) is 12.8. The van der Waals surface area contributed by atoms with Gasteiger partial charge in [0.25, 0.3) is 0 Å². The Bertz CT molecular complexity index is 799. The van der Waals surface area contributed by atoms with Crippen LogP contribution < -0.4 is 20.5 Å². The van der Waals surface area contributed by atoms with Crippen molar-refractivity contribution in [3.05, 3.63) is 53.6 Å². The van der Waals surface area contributed by atoms with E-state index in [1.807, 2.05) is 56.3 Å². The van der Waals surface area contributed by atoms with E-state index in [9.17, 15) is 4.79 Å². The van der Waals surface area contributed by atoms with Crippen LogP contribution in [0.3, 0.4) is 0 Å². The van der Waals surface area contributed by atoms with Crippen molar-refractivity contribution in [3.63, 3.8) is 0 Å². The maximum Gasteiger partial charge on any atom is 0.316 e. The molecule has 2 amide bonds. The van der Waals surface area contributed by atoms with Crippen LogP contribution >= 0.6 is 0 Å².